The summed E-state index contributed by atoms with van der Waals surface area (Å²) in [4.78, 5) is 10.2. The Morgan fingerprint density at radius 1 is 0.773 bits per heavy atom. The van der Waals surface area contributed by atoms with Crippen molar-refractivity contribution in [3.05, 3.63) is 0 Å². The summed E-state index contributed by atoms with van der Waals surface area (Å²) in [6.45, 7) is 0.216. The average Bonchev–Trinajstić information content (AvgIpc) is 2.45. The Balaban J connectivity index is 0. The summed E-state index contributed by atoms with van der Waals surface area (Å²) >= 11 is 0. The molecule has 0 spiro atoms. The Bertz CT molecular complexity index is 251. The normalized spacial score (nSPS) is 13.4. The van der Waals surface area contributed by atoms with E-state index in [-0.39, 0.29) is 42.6 Å². The quantitative estimate of drug-likeness (QED) is 0.242. The predicted octanol–water partition coefficient (Wildman–Crippen LogP) is -1.86. The zero-order valence-corrected chi connectivity index (χ0v) is 16.0. The molecule has 0 aromatic carbocycles. The third-order valence-electron chi connectivity index (χ3n) is 3.73. The second-order valence-electron chi connectivity index (χ2n) is 5.74. The molecule has 0 saturated carbocycles. The maximum atomic E-state index is 10.2. The first kappa shape index (κ1) is 24.6. The summed E-state index contributed by atoms with van der Waals surface area (Å²) in [7, 11) is 0. The summed E-state index contributed by atoms with van der Waals surface area (Å²) in [6, 6.07) is 0. The molecule has 0 aliphatic rings. The smallest absolute Gasteiger partial charge is 0.550 e. The van der Waals surface area contributed by atoms with E-state index >= 15 is 0 Å². The molecule has 6 heteroatoms. The Morgan fingerprint density at radius 2 is 1.18 bits per heavy atom. The van der Waals surface area contributed by atoms with E-state index in [0.29, 0.717) is 19.3 Å². The van der Waals surface area contributed by atoms with Crippen LogP contribution in [0.3, 0.4) is 0 Å². The van der Waals surface area contributed by atoms with Crippen LogP contribution in [0.1, 0.15) is 77.0 Å². The van der Waals surface area contributed by atoms with Crippen LogP contribution in [-0.2, 0) is 4.79 Å². The monoisotopic (exact) mass is 326 g/mol. The van der Waals surface area contributed by atoms with Crippen LogP contribution < -0.4 is 34.7 Å². The van der Waals surface area contributed by atoms with Crippen molar-refractivity contribution in [2.45, 2.75) is 89.3 Å². The number of aliphatic hydroxyl groups is 3. The Morgan fingerprint density at radius 3 is 1.64 bits per heavy atom. The zero-order chi connectivity index (χ0) is 15.9. The van der Waals surface area contributed by atoms with Gasteiger partial charge in [-0.2, -0.15) is 0 Å². The van der Waals surface area contributed by atoms with Crippen LogP contribution in [0.5, 0.6) is 0 Å². The molecule has 0 aliphatic carbocycles. The summed E-state index contributed by atoms with van der Waals surface area (Å²) < 4.78 is 0. The van der Waals surface area contributed by atoms with Crippen molar-refractivity contribution < 1.29 is 54.8 Å². The number of unbranched alkanes of at least 4 members (excludes halogenated alkanes) is 7. The molecule has 3 N–H and O–H groups in total. The number of aliphatic carboxylic acids is 1. The van der Waals surface area contributed by atoms with Gasteiger partial charge in [0.2, 0.25) is 0 Å². The van der Waals surface area contributed by atoms with Crippen LogP contribution in [0.2, 0.25) is 0 Å². The molecule has 0 bridgehead atoms. The second-order valence-corrected chi connectivity index (χ2v) is 5.74. The van der Waals surface area contributed by atoms with Gasteiger partial charge in [0.1, 0.15) is 0 Å². The van der Waals surface area contributed by atoms with Crippen LogP contribution in [0.4, 0.5) is 0 Å². The zero-order valence-electron chi connectivity index (χ0n) is 14.0. The van der Waals surface area contributed by atoms with E-state index < -0.39 is 18.2 Å². The number of carboxylic acid groups (broad SMARTS) is 1. The molecule has 0 amide bonds. The number of aliphatic hydroxyl groups excluding tert-OH is 3. The molecule has 0 saturated heterocycles. The summed E-state index contributed by atoms with van der Waals surface area (Å²) in [6.07, 6.45) is 7.92. The van der Waals surface area contributed by atoms with Crippen molar-refractivity contribution in [3.63, 3.8) is 0 Å². The van der Waals surface area contributed by atoms with Crippen LogP contribution in [0, 0.1) is 0 Å². The van der Waals surface area contributed by atoms with E-state index in [9.17, 15) is 20.1 Å². The number of rotatable bonds is 15. The third-order valence-corrected chi connectivity index (χ3v) is 3.73. The van der Waals surface area contributed by atoms with Crippen molar-refractivity contribution in [2.75, 3.05) is 6.61 Å². The van der Waals surface area contributed by atoms with Crippen molar-refractivity contribution in [1.29, 1.82) is 0 Å². The van der Waals surface area contributed by atoms with Crippen molar-refractivity contribution >= 4 is 5.97 Å². The second kappa shape index (κ2) is 17.7. The number of carboxylic acids is 1. The van der Waals surface area contributed by atoms with Crippen molar-refractivity contribution in [3.8, 4) is 0 Å². The van der Waals surface area contributed by atoms with Crippen LogP contribution in [0.25, 0.3) is 0 Å². The first-order valence-corrected chi connectivity index (χ1v) is 8.24. The van der Waals surface area contributed by atoms with Crippen LogP contribution in [0.15, 0.2) is 0 Å². The fraction of sp³-hybridized carbons (Fsp3) is 0.938. The maximum Gasteiger partial charge on any atom is 1.00 e. The predicted molar refractivity (Wildman–Crippen MR) is 79.5 cm³/mol. The summed E-state index contributed by atoms with van der Waals surface area (Å²) in [5, 5.41) is 38.5. The molecular weight excluding hydrogens is 295 g/mol. The number of carbonyl (C=O) groups excluding carboxylic acids is 1. The van der Waals surface area contributed by atoms with Gasteiger partial charge in [0.15, 0.2) is 0 Å². The Hall–Kier alpha value is 0.350. The van der Waals surface area contributed by atoms with Gasteiger partial charge in [-0.05, 0) is 32.1 Å². The number of hydrogen-bond acceptors (Lipinski definition) is 5. The van der Waals surface area contributed by atoms with E-state index in [4.69, 9.17) is 5.11 Å². The molecule has 0 fully saturated rings. The van der Waals surface area contributed by atoms with Gasteiger partial charge in [0.05, 0.1) is 12.2 Å². The van der Waals surface area contributed by atoms with Crippen molar-refractivity contribution in [1.82, 2.24) is 0 Å². The summed E-state index contributed by atoms with van der Waals surface area (Å²) in [5.41, 5.74) is 0. The molecule has 0 aromatic heterocycles. The third kappa shape index (κ3) is 16.7. The molecule has 2 atom stereocenters. The van der Waals surface area contributed by atoms with E-state index in [2.05, 4.69) is 0 Å². The van der Waals surface area contributed by atoms with Crippen LogP contribution >= 0.6 is 0 Å². The molecule has 0 rings (SSSR count). The van der Waals surface area contributed by atoms with Crippen LogP contribution in [-0.4, -0.2) is 40.1 Å². The Kier molecular flexibility index (Phi) is 19.8. The SMILES string of the molecule is O=C([O-])CCCCCCCC(O)C(O)CCCCCCO.[Na+]. The molecule has 0 aliphatic heterocycles. The van der Waals surface area contributed by atoms with Crippen molar-refractivity contribution in [2.24, 2.45) is 0 Å². The molecule has 0 radical (unpaired) electrons. The first-order chi connectivity index (χ1) is 10.1. The van der Waals surface area contributed by atoms with Gasteiger partial charge >= 0.3 is 29.6 Å². The minimum absolute atomic E-state index is 0. The van der Waals surface area contributed by atoms with E-state index in [1.807, 2.05) is 0 Å². The minimum atomic E-state index is -0.993. The summed E-state index contributed by atoms with van der Waals surface area (Å²) in [5.74, 6) is -0.993. The van der Waals surface area contributed by atoms with E-state index in [1.54, 1.807) is 0 Å². The van der Waals surface area contributed by atoms with Gasteiger partial charge in [-0.15, -0.1) is 0 Å². The first-order valence-electron chi connectivity index (χ1n) is 8.24. The minimum Gasteiger partial charge on any atom is -0.550 e. The van der Waals surface area contributed by atoms with Gasteiger partial charge in [0.25, 0.3) is 0 Å². The number of carbonyl (C=O) groups is 1. The standard InChI is InChI=1S/C16H32O5.Na/c17-13-9-5-4-7-11-15(19)14(18)10-6-2-1-3-8-12-16(20)21;/h14-15,17-19H,1-13H2,(H,20,21);/q;+1/p-1. The molecule has 0 heterocycles. The molecule has 2 unspecified atom stereocenters. The topological polar surface area (TPSA) is 101 Å². The molecule has 22 heavy (non-hydrogen) atoms. The Labute approximate surface area is 156 Å². The van der Waals surface area contributed by atoms with Gasteiger partial charge in [-0.25, -0.2) is 0 Å². The van der Waals surface area contributed by atoms with Gasteiger partial charge in [-0.1, -0.05) is 44.9 Å². The van der Waals surface area contributed by atoms with Gasteiger partial charge in [-0.3, -0.25) is 0 Å². The maximum absolute atomic E-state index is 10.2. The molecule has 5 nitrogen and oxygen atoms in total. The van der Waals surface area contributed by atoms with Gasteiger partial charge in [0, 0.05) is 12.6 Å². The largest absolute Gasteiger partial charge is 1.00 e. The fourth-order valence-corrected chi connectivity index (χ4v) is 2.36. The van der Waals surface area contributed by atoms with E-state index in [1.165, 1.54) is 0 Å². The fourth-order valence-electron chi connectivity index (χ4n) is 2.36. The van der Waals surface area contributed by atoms with E-state index in [0.717, 1.165) is 51.4 Å². The molecule has 126 valence electrons. The molecule has 0 aromatic rings. The molecular formula is C16H31NaO5. The number of hydrogen-bond donors (Lipinski definition) is 3. The average molecular weight is 326 g/mol. The van der Waals surface area contributed by atoms with Gasteiger partial charge < -0.3 is 25.2 Å².